The fraction of sp³-hybridized carbons (Fsp3) is 0.800. The molecule has 11 heavy (non-hydrogen) atoms. The van der Waals surface area contributed by atoms with E-state index in [2.05, 4.69) is 13.0 Å². The third-order valence-corrected chi connectivity index (χ3v) is 1.52. The molecule has 0 aromatic heterocycles. The van der Waals surface area contributed by atoms with Crippen LogP contribution >= 0.6 is 0 Å². The highest BCUT2D eigenvalue weighted by molar-refractivity contribution is 5.00. The maximum Gasteiger partial charge on any atom is 0.0483 e. The molecule has 0 bridgehead atoms. The van der Waals surface area contributed by atoms with Crippen LogP contribution in [0.5, 0.6) is 0 Å². The lowest BCUT2D eigenvalue weighted by Gasteiger charge is -2.05. The zero-order valence-corrected chi connectivity index (χ0v) is 7.93. The summed E-state index contributed by atoms with van der Waals surface area (Å²) in [6, 6.07) is 0. The van der Waals surface area contributed by atoms with Crippen molar-refractivity contribution in [2.75, 3.05) is 0 Å². The van der Waals surface area contributed by atoms with Crippen molar-refractivity contribution in [1.82, 2.24) is 0 Å². The van der Waals surface area contributed by atoms with E-state index in [1.165, 1.54) is 25.7 Å². The van der Waals surface area contributed by atoms with Crippen molar-refractivity contribution >= 4 is 0 Å². The molecule has 0 fully saturated rings. The van der Waals surface area contributed by atoms with Crippen molar-refractivity contribution in [3.63, 3.8) is 0 Å². The van der Waals surface area contributed by atoms with Crippen molar-refractivity contribution in [2.45, 2.75) is 52.6 Å². The Morgan fingerprint density at radius 1 is 1.36 bits per heavy atom. The van der Waals surface area contributed by atoms with Crippen LogP contribution in [0.1, 0.15) is 46.5 Å². The maximum atomic E-state index is 8.06. The first-order valence-corrected chi connectivity index (χ1v) is 4.46. The minimum atomic E-state index is -0.167. The lowest BCUT2D eigenvalue weighted by molar-refractivity contribution is 0.216. The first-order chi connectivity index (χ1) is 5.13. The van der Waals surface area contributed by atoms with Gasteiger partial charge in [-0.1, -0.05) is 11.6 Å². The van der Waals surface area contributed by atoms with Gasteiger partial charge in [-0.2, -0.15) is 0 Å². The predicted molar refractivity (Wildman–Crippen MR) is 49.6 cm³/mol. The van der Waals surface area contributed by atoms with Gasteiger partial charge in [-0.25, -0.2) is 0 Å². The first-order valence-electron chi connectivity index (χ1n) is 4.46. The summed E-state index contributed by atoms with van der Waals surface area (Å²) in [6.07, 6.45) is 7.69. The van der Waals surface area contributed by atoms with E-state index in [-0.39, 0.29) is 6.10 Å². The minimum Gasteiger partial charge on any atom is -0.394 e. The summed E-state index contributed by atoms with van der Waals surface area (Å²) < 4.78 is 0. The SMILES string of the molecule is CC(C)O.CC1=CCCCC1. The molecule has 1 heteroatoms. The Balaban J connectivity index is 0.000000218. The van der Waals surface area contributed by atoms with Crippen molar-refractivity contribution in [1.29, 1.82) is 0 Å². The number of hydrogen-bond donors (Lipinski definition) is 1. The molecule has 0 atom stereocenters. The fourth-order valence-corrected chi connectivity index (χ4v) is 0.999. The molecule has 0 aliphatic heterocycles. The summed E-state index contributed by atoms with van der Waals surface area (Å²) in [4.78, 5) is 0. The fourth-order valence-electron chi connectivity index (χ4n) is 0.999. The average Bonchev–Trinajstić information content (AvgIpc) is 1.87. The van der Waals surface area contributed by atoms with Gasteiger partial charge in [-0.3, -0.25) is 0 Å². The van der Waals surface area contributed by atoms with Crippen molar-refractivity contribution in [3.8, 4) is 0 Å². The standard InChI is InChI=1S/C7H12.C3H8O/c1-7-5-3-2-4-6-7;1-3(2)4/h5H,2-4,6H2,1H3;3-4H,1-2H3. The topological polar surface area (TPSA) is 20.2 Å². The van der Waals surface area contributed by atoms with E-state index in [9.17, 15) is 0 Å². The molecule has 1 aliphatic carbocycles. The van der Waals surface area contributed by atoms with Crippen LogP contribution in [0.15, 0.2) is 11.6 Å². The molecule has 0 radical (unpaired) electrons. The summed E-state index contributed by atoms with van der Waals surface area (Å²) in [5.74, 6) is 0. The van der Waals surface area contributed by atoms with E-state index in [0.717, 1.165) is 0 Å². The Hall–Kier alpha value is -0.300. The normalized spacial score (nSPS) is 17.0. The highest BCUT2D eigenvalue weighted by Crippen LogP contribution is 2.15. The van der Waals surface area contributed by atoms with E-state index in [0.29, 0.717) is 0 Å². The van der Waals surface area contributed by atoms with Crippen LogP contribution < -0.4 is 0 Å². The molecule has 66 valence electrons. The molecule has 0 saturated carbocycles. The van der Waals surface area contributed by atoms with Gasteiger partial charge in [0.2, 0.25) is 0 Å². The molecular weight excluding hydrogens is 136 g/mol. The molecule has 0 aromatic rings. The van der Waals surface area contributed by atoms with Gasteiger partial charge >= 0.3 is 0 Å². The second-order valence-corrected chi connectivity index (χ2v) is 3.39. The van der Waals surface area contributed by atoms with Crippen molar-refractivity contribution < 1.29 is 5.11 Å². The largest absolute Gasteiger partial charge is 0.394 e. The molecule has 1 aliphatic rings. The molecule has 1 nitrogen and oxygen atoms in total. The van der Waals surface area contributed by atoms with Crippen LogP contribution in [0.25, 0.3) is 0 Å². The van der Waals surface area contributed by atoms with Gasteiger partial charge in [-0.05, 0) is 46.5 Å². The Labute approximate surface area is 70.1 Å². The first kappa shape index (κ1) is 10.7. The zero-order chi connectivity index (χ0) is 8.69. The Kier molecular flexibility index (Phi) is 6.24. The van der Waals surface area contributed by atoms with E-state index in [1.54, 1.807) is 19.4 Å². The molecule has 0 amide bonds. The van der Waals surface area contributed by atoms with Gasteiger partial charge in [-0.15, -0.1) is 0 Å². The third-order valence-electron chi connectivity index (χ3n) is 1.52. The maximum absolute atomic E-state index is 8.06. The monoisotopic (exact) mass is 156 g/mol. The number of allylic oxidation sites excluding steroid dienone is 2. The van der Waals surface area contributed by atoms with Gasteiger partial charge in [0.05, 0.1) is 0 Å². The number of rotatable bonds is 0. The highest BCUT2D eigenvalue weighted by atomic mass is 16.3. The smallest absolute Gasteiger partial charge is 0.0483 e. The summed E-state index contributed by atoms with van der Waals surface area (Å²) in [7, 11) is 0. The summed E-state index contributed by atoms with van der Waals surface area (Å²) in [6.45, 7) is 5.67. The summed E-state index contributed by atoms with van der Waals surface area (Å²) in [5.41, 5.74) is 1.59. The lowest BCUT2D eigenvalue weighted by Crippen LogP contribution is -1.85. The van der Waals surface area contributed by atoms with Crippen LogP contribution in [0, 0.1) is 0 Å². The Morgan fingerprint density at radius 3 is 2.09 bits per heavy atom. The molecule has 0 spiro atoms. The van der Waals surface area contributed by atoms with Gasteiger partial charge < -0.3 is 5.11 Å². The quantitative estimate of drug-likeness (QED) is 0.535. The summed E-state index contributed by atoms with van der Waals surface area (Å²) >= 11 is 0. The van der Waals surface area contributed by atoms with Gasteiger partial charge in [0.15, 0.2) is 0 Å². The highest BCUT2D eigenvalue weighted by Gasteiger charge is 1.95. The lowest BCUT2D eigenvalue weighted by atomic mass is 10.0. The molecular formula is C10H20O. The second-order valence-electron chi connectivity index (χ2n) is 3.39. The van der Waals surface area contributed by atoms with Crippen LogP contribution in [-0.4, -0.2) is 11.2 Å². The van der Waals surface area contributed by atoms with Crippen LogP contribution in [0.4, 0.5) is 0 Å². The van der Waals surface area contributed by atoms with Crippen molar-refractivity contribution in [2.24, 2.45) is 0 Å². The number of aliphatic hydroxyl groups is 1. The number of hydrogen-bond acceptors (Lipinski definition) is 1. The van der Waals surface area contributed by atoms with Gasteiger partial charge in [0.1, 0.15) is 0 Å². The number of aliphatic hydroxyl groups excluding tert-OH is 1. The summed E-state index contributed by atoms with van der Waals surface area (Å²) in [5, 5.41) is 8.06. The van der Waals surface area contributed by atoms with Gasteiger partial charge in [0, 0.05) is 6.10 Å². The van der Waals surface area contributed by atoms with Crippen LogP contribution in [0.3, 0.4) is 0 Å². The molecule has 0 unspecified atom stereocenters. The van der Waals surface area contributed by atoms with E-state index in [4.69, 9.17) is 5.11 Å². The molecule has 1 N–H and O–H groups in total. The van der Waals surface area contributed by atoms with E-state index < -0.39 is 0 Å². The molecule has 0 heterocycles. The average molecular weight is 156 g/mol. The molecule has 0 aromatic carbocycles. The Morgan fingerprint density at radius 2 is 1.91 bits per heavy atom. The molecule has 0 saturated heterocycles. The zero-order valence-electron chi connectivity index (χ0n) is 7.93. The van der Waals surface area contributed by atoms with E-state index in [1.807, 2.05) is 0 Å². The third kappa shape index (κ3) is 9.70. The van der Waals surface area contributed by atoms with Crippen LogP contribution in [-0.2, 0) is 0 Å². The Bertz CT molecular complexity index is 111. The van der Waals surface area contributed by atoms with E-state index >= 15 is 0 Å². The second kappa shape index (κ2) is 6.41. The van der Waals surface area contributed by atoms with Crippen molar-refractivity contribution in [3.05, 3.63) is 11.6 Å². The van der Waals surface area contributed by atoms with Gasteiger partial charge in [0.25, 0.3) is 0 Å². The minimum absolute atomic E-state index is 0.167. The molecule has 1 rings (SSSR count). The van der Waals surface area contributed by atoms with Crippen LogP contribution in [0.2, 0.25) is 0 Å². The predicted octanol–water partition coefficient (Wildman–Crippen LogP) is 2.89.